The number of Topliss-reactive ketones (excluding diaryl/α,β-unsaturated/α-hetero) is 1. The number of alkyl halides is 1. The SMILES string of the molecule is CCO[C@H]1C[C@@]2(C)[C@@H](C[C@@H](C)[C@]2(O)C(=O)CC)[C@@H]2CCC3=CC(=O)C=C[C@]3(C)[C@@]12F. The van der Waals surface area contributed by atoms with Crippen molar-refractivity contribution in [3.63, 3.8) is 0 Å². The number of rotatable bonds is 4. The van der Waals surface area contributed by atoms with Crippen molar-refractivity contribution in [1.82, 2.24) is 0 Å². The summed E-state index contributed by atoms with van der Waals surface area (Å²) in [5.74, 6) is -0.909. The first-order valence-electron chi connectivity index (χ1n) is 11.5. The van der Waals surface area contributed by atoms with Gasteiger partial charge in [-0.15, -0.1) is 0 Å². The molecule has 0 aromatic carbocycles. The van der Waals surface area contributed by atoms with Crippen LogP contribution < -0.4 is 0 Å². The van der Waals surface area contributed by atoms with Crippen LogP contribution in [0, 0.1) is 28.6 Å². The minimum atomic E-state index is -1.69. The summed E-state index contributed by atoms with van der Waals surface area (Å²) in [5, 5.41) is 11.8. The van der Waals surface area contributed by atoms with Gasteiger partial charge < -0.3 is 9.84 Å². The Balaban J connectivity index is 1.87. The van der Waals surface area contributed by atoms with E-state index in [2.05, 4.69) is 0 Å². The van der Waals surface area contributed by atoms with Gasteiger partial charge in [-0.1, -0.05) is 32.4 Å². The molecule has 0 radical (unpaired) electrons. The van der Waals surface area contributed by atoms with Crippen molar-refractivity contribution in [2.75, 3.05) is 6.61 Å². The van der Waals surface area contributed by atoms with Gasteiger partial charge in [0.15, 0.2) is 17.2 Å². The first-order valence-corrected chi connectivity index (χ1v) is 11.5. The molecule has 8 atom stereocenters. The van der Waals surface area contributed by atoms with Crippen molar-refractivity contribution in [1.29, 1.82) is 0 Å². The molecule has 0 aliphatic heterocycles. The Morgan fingerprint density at radius 3 is 2.63 bits per heavy atom. The lowest BCUT2D eigenvalue weighted by molar-refractivity contribution is -0.230. The Labute approximate surface area is 178 Å². The lowest BCUT2D eigenvalue weighted by atomic mass is 9.44. The maximum absolute atomic E-state index is 17.5. The van der Waals surface area contributed by atoms with Crippen molar-refractivity contribution in [3.8, 4) is 0 Å². The molecule has 4 rings (SSSR count). The maximum atomic E-state index is 17.5. The highest BCUT2D eigenvalue weighted by molar-refractivity contribution is 6.01. The monoisotopic (exact) mass is 418 g/mol. The molecule has 0 heterocycles. The summed E-state index contributed by atoms with van der Waals surface area (Å²) in [4.78, 5) is 25.0. The number of hydrogen-bond acceptors (Lipinski definition) is 4. The summed E-state index contributed by atoms with van der Waals surface area (Å²) in [7, 11) is 0. The molecule has 0 bridgehead atoms. The molecule has 0 unspecified atom stereocenters. The van der Waals surface area contributed by atoms with Crippen LogP contribution in [-0.2, 0) is 14.3 Å². The van der Waals surface area contributed by atoms with E-state index < -0.39 is 28.2 Å². The van der Waals surface area contributed by atoms with E-state index in [-0.39, 0.29) is 35.7 Å². The highest BCUT2D eigenvalue weighted by Gasteiger charge is 2.75. The maximum Gasteiger partial charge on any atom is 0.178 e. The normalized spacial score (nSPS) is 49.8. The van der Waals surface area contributed by atoms with Gasteiger partial charge in [0.1, 0.15) is 5.60 Å². The second-order valence-electron chi connectivity index (χ2n) is 10.4. The number of hydrogen-bond donors (Lipinski definition) is 1. The van der Waals surface area contributed by atoms with Gasteiger partial charge in [0.25, 0.3) is 0 Å². The number of ether oxygens (including phenoxy) is 1. The van der Waals surface area contributed by atoms with Gasteiger partial charge in [0.05, 0.1) is 6.10 Å². The third kappa shape index (κ3) is 2.39. The Morgan fingerprint density at radius 1 is 1.30 bits per heavy atom. The molecule has 5 heteroatoms. The zero-order valence-corrected chi connectivity index (χ0v) is 18.8. The first kappa shape index (κ1) is 21.9. The lowest BCUT2D eigenvalue weighted by Crippen LogP contribution is -2.69. The number of aliphatic hydroxyl groups is 1. The largest absolute Gasteiger partial charge is 0.381 e. The Morgan fingerprint density at radius 2 is 2.00 bits per heavy atom. The molecule has 3 fully saturated rings. The van der Waals surface area contributed by atoms with Gasteiger partial charge in [0.2, 0.25) is 0 Å². The van der Waals surface area contributed by atoms with Crippen LogP contribution in [0.4, 0.5) is 4.39 Å². The third-order valence-electron chi connectivity index (χ3n) is 9.31. The highest BCUT2D eigenvalue weighted by Crippen LogP contribution is 2.71. The number of halogens is 1. The third-order valence-corrected chi connectivity index (χ3v) is 9.31. The molecular formula is C25H35FO4. The molecular weight excluding hydrogens is 383 g/mol. The lowest BCUT2D eigenvalue weighted by Gasteiger charge is -2.63. The number of fused-ring (bicyclic) bond motifs is 5. The fourth-order valence-electron chi connectivity index (χ4n) is 7.75. The summed E-state index contributed by atoms with van der Waals surface area (Å²) in [5.41, 5.74) is -3.95. The van der Waals surface area contributed by atoms with Crippen LogP contribution in [0.2, 0.25) is 0 Å². The van der Waals surface area contributed by atoms with Crippen molar-refractivity contribution < 1.29 is 23.8 Å². The molecule has 4 aliphatic carbocycles. The van der Waals surface area contributed by atoms with E-state index in [0.717, 1.165) is 5.57 Å². The zero-order valence-electron chi connectivity index (χ0n) is 18.8. The predicted molar refractivity (Wildman–Crippen MR) is 113 cm³/mol. The molecule has 0 saturated heterocycles. The summed E-state index contributed by atoms with van der Waals surface area (Å²) < 4.78 is 23.6. The predicted octanol–water partition coefficient (Wildman–Crippen LogP) is 4.36. The van der Waals surface area contributed by atoms with E-state index in [4.69, 9.17) is 4.74 Å². The van der Waals surface area contributed by atoms with E-state index in [1.807, 2.05) is 27.7 Å². The number of carbonyl (C=O) groups is 2. The van der Waals surface area contributed by atoms with E-state index in [1.165, 1.54) is 6.08 Å². The molecule has 4 aliphatic rings. The van der Waals surface area contributed by atoms with Crippen LogP contribution in [-0.4, -0.2) is 40.7 Å². The summed E-state index contributed by atoms with van der Waals surface area (Å²) >= 11 is 0. The first-order chi connectivity index (χ1) is 14.0. The van der Waals surface area contributed by atoms with Crippen LogP contribution in [0.3, 0.4) is 0 Å². The summed E-state index contributed by atoms with van der Waals surface area (Å²) in [6.07, 6.45) is 6.54. The average Bonchev–Trinajstić information content (AvgIpc) is 2.90. The Hall–Kier alpha value is -1.33. The van der Waals surface area contributed by atoms with Crippen LogP contribution in [0.5, 0.6) is 0 Å². The van der Waals surface area contributed by atoms with Crippen LogP contribution >= 0.6 is 0 Å². The Bertz CT molecular complexity index is 833. The molecule has 30 heavy (non-hydrogen) atoms. The van der Waals surface area contributed by atoms with E-state index in [1.54, 1.807) is 19.1 Å². The number of ketones is 2. The molecule has 4 nitrogen and oxygen atoms in total. The quantitative estimate of drug-likeness (QED) is 0.737. The molecule has 166 valence electrons. The topological polar surface area (TPSA) is 63.6 Å². The zero-order chi connectivity index (χ0) is 22.1. The molecule has 3 saturated carbocycles. The van der Waals surface area contributed by atoms with E-state index >= 15 is 4.39 Å². The molecule has 1 N–H and O–H groups in total. The van der Waals surface area contributed by atoms with E-state index in [9.17, 15) is 14.7 Å². The highest BCUT2D eigenvalue weighted by atomic mass is 19.1. The number of carbonyl (C=O) groups excluding carboxylic acids is 2. The molecule has 0 spiro atoms. The fraction of sp³-hybridized carbons (Fsp3) is 0.760. The van der Waals surface area contributed by atoms with Crippen molar-refractivity contribution >= 4 is 11.6 Å². The Kier molecular flexibility index (Phi) is 4.98. The van der Waals surface area contributed by atoms with Gasteiger partial charge >= 0.3 is 0 Å². The second kappa shape index (κ2) is 6.83. The second-order valence-corrected chi connectivity index (χ2v) is 10.4. The smallest absolute Gasteiger partial charge is 0.178 e. The average molecular weight is 419 g/mol. The van der Waals surface area contributed by atoms with Crippen molar-refractivity contribution in [2.24, 2.45) is 28.6 Å². The minimum absolute atomic E-state index is 0.0875. The van der Waals surface area contributed by atoms with Gasteiger partial charge in [-0.25, -0.2) is 4.39 Å². The minimum Gasteiger partial charge on any atom is -0.381 e. The molecule has 0 aromatic rings. The van der Waals surface area contributed by atoms with Gasteiger partial charge in [-0.2, -0.15) is 0 Å². The number of allylic oxidation sites excluding steroid dienone is 4. The molecule has 0 aromatic heterocycles. The van der Waals surface area contributed by atoms with Crippen molar-refractivity contribution in [2.45, 2.75) is 84.1 Å². The van der Waals surface area contributed by atoms with Crippen LogP contribution in [0.25, 0.3) is 0 Å². The molecule has 0 amide bonds. The standard InChI is InChI=1S/C25H35FO4/c1-6-20(28)25(29)15(3)12-19-18-9-8-16-13-17(27)10-11-22(16,4)24(18,26)21(30-7-2)14-23(19,25)5/h10-11,13,15,18-19,21,29H,6-9,12,14H2,1-5H3/t15-,18+,19+,21+,22+,23+,24+,25+/m1/s1. The van der Waals surface area contributed by atoms with Crippen LogP contribution in [0.1, 0.15) is 66.7 Å². The van der Waals surface area contributed by atoms with Crippen LogP contribution in [0.15, 0.2) is 23.8 Å². The van der Waals surface area contributed by atoms with Gasteiger partial charge in [-0.3, -0.25) is 9.59 Å². The van der Waals surface area contributed by atoms with Gasteiger partial charge in [-0.05, 0) is 63.5 Å². The van der Waals surface area contributed by atoms with Gasteiger partial charge in [0, 0.05) is 29.8 Å². The summed E-state index contributed by atoms with van der Waals surface area (Å²) in [6.45, 7) is 9.81. The van der Waals surface area contributed by atoms with Crippen molar-refractivity contribution in [3.05, 3.63) is 23.8 Å². The van der Waals surface area contributed by atoms with E-state index in [0.29, 0.717) is 32.3 Å². The fourth-order valence-corrected chi connectivity index (χ4v) is 7.75. The summed E-state index contributed by atoms with van der Waals surface area (Å²) in [6, 6.07) is 0.